The van der Waals surface area contributed by atoms with Gasteiger partial charge in [-0.25, -0.2) is 21.7 Å². The molecule has 12 rings (SSSR count). The molecule has 0 bridgehead atoms. The molecule has 5 aromatic carbocycles. The molecule has 2 aromatic heterocycles. The zero-order valence-corrected chi connectivity index (χ0v) is 37.9. The maximum Gasteiger partial charge on any atom is 0.155 e. The second kappa shape index (κ2) is 20.5. The van der Waals surface area contributed by atoms with Crippen molar-refractivity contribution in [3.05, 3.63) is 172 Å². The smallest absolute Gasteiger partial charge is 0.155 e. The van der Waals surface area contributed by atoms with Crippen LogP contribution in [0.15, 0.2) is 169 Å². The summed E-state index contributed by atoms with van der Waals surface area (Å²) < 4.78 is 0. The molecule has 0 atom stereocenters. The van der Waals surface area contributed by atoms with Crippen molar-refractivity contribution >= 4 is 94.2 Å². The van der Waals surface area contributed by atoms with Gasteiger partial charge in [-0.15, -0.1) is 11.3 Å². The number of fused-ring (bicyclic) bond motifs is 4. The maximum atomic E-state index is 4.94. The van der Waals surface area contributed by atoms with E-state index in [-0.39, 0.29) is 43.5 Å². The fourth-order valence-corrected chi connectivity index (χ4v) is 7.69. The molecule has 0 saturated carbocycles. The van der Waals surface area contributed by atoms with Crippen LogP contribution in [0.25, 0.3) is 10.8 Å². The predicted molar refractivity (Wildman–Crippen MR) is 252 cm³/mol. The summed E-state index contributed by atoms with van der Waals surface area (Å²) in [7, 11) is 0. The van der Waals surface area contributed by atoms with Gasteiger partial charge in [0.2, 0.25) is 0 Å². The van der Waals surface area contributed by atoms with Crippen molar-refractivity contribution in [3.63, 3.8) is 0 Å². The van der Waals surface area contributed by atoms with E-state index >= 15 is 0 Å². The molecule has 7 heterocycles. The van der Waals surface area contributed by atoms with Gasteiger partial charge in [-0.05, 0) is 66.1 Å². The summed E-state index contributed by atoms with van der Waals surface area (Å²) in [5.74, 6) is 0.887. The molecule has 0 unspecified atom stereocenters. The van der Waals surface area contributed by atoms with Crippen LogP contribution in [0.4, 0.5) is 34.3 Å². The number of aromatic nitrogens is 1. The number of nitrogens with zero attached hydrogens (tertiary/aromatic N) is 7. The van der Waals surface area contributed by atoms with E-state index in [0.717, 1.165) is 41.4 Å². The fraction of sp³-hybridized carbons (Fsp3) is 0.157. The number of para-hydroxylation sites is 3. The zero-order valence-electron chi connectivity index (χ0n) is 34.3. The molecule has 0 N–H and O–H groups in total. The molecule has 0 fully saturated rings. The van der Waals surface area contributed by atoms with Crippen LogP contribution in [0.1, 0.15) is 54.8 Å². The van der Waals surface area contributed by atoms with Crippen LogP contribution in [-0.2, 0) is 56.4 Å². The second-order valence-corrected chi connectivity index (χ2v) is 16.0. The molecule has 0 saturated heterocycles. The minimum atomic E-state index is 0. The summed E-state index contributed by atoms with van der Waals surface area (Å²) in [6, 6.07) is 45.2. The van der Waals surface area contributed by atoms with E-state index in [0.29, 0.717) is 5.69 Å². The van der Waals surface area contributed by atoms with E-state index in [1.54, 1.807) is 29.7 Å². The third-order valence-corrected chi connectivity index (χ3v) is 11.1. The van der Waals surface area contributed by atoms with Gasteiger partial charge in [-0.1, -0.05) is 86.6 Å². The Morgan fingerprint density at radius 3 is 2.03 bits per heavy atom. The van der Waals surface area contributed by atoms with Crippen LogP contribution in [0, 0.1) is 6.07 Å². The normalized spacial score (nSPS) is 14.4. The quantitative estimate of drug-likeness (QED) is 0.119. The molecule has 0 aliphatic carbocycles. The molecule has 295 valence electrons. The van der Waals surface area contributed by atoms with Crippen molar-refractivity contribution < 1.29 is 32.7 Å². The van der Waals surface area contributed by atoms with Crippen LogP contribution < -0.4 is 0 Å². The van der Waals surface area contributed by atoms with Crippen molar-refractivity contribution in [3.8, 4) is 0 Å². The van der Waals surface area contributed by atoms with E-state index in [1.807, 2.05) is 79.6 Å². The molecular weight excluding hydrogens is 832 g/mol. The Morgan fingerprint density at radius 2 is 1.30 bits per heavy atom. The van der Waals surface area contributed by atoms with Gasteiger partial charge < -0.3 is 4.99 Å². The van der Waals surface area contributed by atoms with Gasteiger partial charge in [-0.2, -0.15) is 24.9 Å². The first kappa shape index (κ1) is 43.9. The monoisotopic (exact) mass is 876 g/mol. The number of thiophene rings is 1. The van der Waals surface area contributed by atoms with Crippen molar-refractivity contribution in [2.45, 2.75) is 51.4 Å². The molecule has 5 aliphatic rings. The Labute approximate surface area is 382 Å². The van der Waals surface area contributed by atoms with Gasteiger partial charge >= 0.3 is 0 Å². The molecule has 0 spiro atoms. The van der Waals surface area contributed by atoms with E-state index < -0.39 is 0 Å². The van der Waals surface area contributed by atoms with Crippen LogP contribution >= 0.6 is 11.3 Å². The Kier molecular flexibility index (Phi) is 15.0. The Balaban J connectivity index is 0.000000121. The molecule has 9 heteroatoms. The van der Waals surface area contributed by atoms with Gasteiger partial charge in [0, 0.05) is 115 Å². The molecule has 1 radical (unpaired) electrons. The summed E-state index contributed by atoms with van der Waals surface area (Å²) in [5, 5.41) is 4.67. The first-order valence-corrected chi connectivity index (χ1v) is 20.4. The minimum Gasteiger partial charge on any atom is -0.485 e. The van der Waals surface area contributed by atoms with Gasteiger partial charge in [0.1, 0.15) is 0 Å². The topological polar surface area (TPSA) is 87.0 Å². The van der Waals surface area contributed by atoms with Crippen molar-refractivity contribution in [2.24, 2.45) is 30.0 Å². The summed E-state index contributed by atoms with van der Waals surface area (Å²) in [5.41, 5.74) is 10.7. The molecule has 0 amide bonds. The Hall–Kier alpha value is -5.67. The number of rotatable bonds is 1. The maximum absolute atomic E-state index is 4.94. The minimum absolute atomic E-state index is 0. The first-order chi connectivity index (χ1) is 28.7. The van der Waals surface area contributed by atoms with Crippen LogP contribution in [0.5, 0.6) is 0 Å². The molecule has 7 aromatic rings. The molecule has 60 heavy (non-hydrogen) atoms. The largest absolute Gasteiger partial charge is 0.485 e. The predicted octanol–water partition coefficient (Wildman–Crippen LogP) is 13.3. The number of hydrogen-bond donors (Lipinski definition) is 0. The molecule has 7 nitrogen and oxygen atoms in total. The summed E-state index contributed by atoms with van der Waals surface area (Å²) >= 11 is 1.79. The van der Waals surface area contributed by atoms with Crippen molar-refractivity contribution in [1.29, 1.82) is 0 Å². The van der Waals surface area contributed by atoms with Crippen LogP contribution in [-0.4, -0.2) is 42.8 Å². The van der Waals surface area contributed by atoms with E-state index in [2.05, 4.69) is 141 Å². The summed E-state index contributed by atoms with van der Waals surface area (Å²) in [4.78, 5) is 30.1. The van der Waals surface area contributed by atoms with Crippen LogP contribution in [0.3, 0.4) is 0 Å². The zero-order chi connectivity index (χ0) is 41.1. The SMILES string of the molecule is C1=Nc2cccc3cccc1c23.C1=Nc2ccccc2C1.C1=Nc2ncccc2C1.CC1(C)C=Nc2ccccc21.CC1(C)C=Nc2ccsc21.[CH-]=Nc1[c-]cccc1.[Y]. The van der Waals surface area contributed by atoms with Crippen LogP contribution in [0.2, 0.25) is 0 Å². The Bertz CT molecular complexity index is 2610. The number of benzene rings is 5. The van der Waals surface area contributed by atoms with Gasteiger partial charge in [0.25, 0.3) is 0 Å². The van der Waals surface area contributed by atoms with Gasteiger partial charge in [-0.3, -0.25) is 26.0 Å². The third kappa shape index (κ3) is 10.9. The number of aliphatic imine (C=N–C) groups is 6. The summed E-state index contributed by atoms with van der Waals surface area (Å²) in [6.07, 6.45) is 13.5. The van der Waals surface area contributed by atoms with Gasteiger partial charge in [0.05, 0.1) is 22.7 Å². The van der Waals surface area contributed by atoms with Gasteiger partial charge in [0.15, 0.2) is 5.82 Å². The second-order valence-electron chi connectivity index (χ2n) is 15.1. The van der Waals surface area contributed by atoms with E-state index in [4.69, 9.17) is 6.72 Å². The molecule has 5 aliphatic heterocycles. The van der Waals surface area contributed by atoms with Crippen molar-refractivity contribution in [2.75, 3.05) is 0 Å². The van der Waals surface area contributed by atoms with Crippen molar-refractivity contribution in [1.82, 2.24) is 4.98 Å². The summed E-state index contributed by atoms with van der Waals surface area (Å²) in [6.45, 7) is 13.7. The number of pyridine rings is 1. The van der Waals surface area contributed by atoms with E-state index in [1.165, 1.54) is 37.9 Å². The average molecular weight is 877 g/mol. The Morgan fingerprint density at radius 1 is 0.617 bits per heavy atom. The standard InChI is InChI=1S/C11H7N.C10H11N.C8H9NS.C8H7N.C7H6N2.C7H5N.Y/c1-3-8-4-2-6-10-11(8)9(5-1)7-12-10;1-10(2)7-11-9-6-4-3-5-8(9)10;1-8(2)5-9-6-3-4-10-7(6)8;1-2-4-8-7(3-1)5-6-9-8;1-2-6-3-5-9-7(6)8-4-1;1-8-7-5-3-2-4-6-7;/h1-7H;3-7H,1-2H3;3-5H,1-2H3;1-4,6H,5H2;1-2,4-5H,3H2;1-5H;/q;;;;;-2;. The molecular formula is C51H45N7SY-2. The number of hydrogen-bond acceptors (Lipinski definition) is 8. The van der Waals surface area contributed by atoms with E-state index in [9.17, 15) is 0 Å². The average Bonchev–Trinajstić information content (AvgIpc) is 4.14. The first-order valence-electron chi connectivity index (χ1n) is 19.5. The third-order valence-electron chi connectivity index (χ3n) is 9.90. The fourth-order valence-electron chi connectivity index (χ4n) is 6.76.